The molecule has 2 aromatic rings. The molecule has 2 rings (SSSR count). The summed E-state index contributed by atoms with van der Waals surface area (Å²) in [6.45, 7) is 1.35. The number of methoxy groups -OCH3 is 2. The lowest BCUT2D eigenvalue weighted by atomic mass is 10.1. The molecule has 0 saturated carbocycles. The van der Waals surface area contributed by atoms with Gasteiger partial charge in [-0.15, -0.1) is 0 Å². The summed E-state index contributed by atoms with van der Waals surface area (Å²) in [5.74, 6) is -1.10. The normalized spacial score (nSPS) is 11.9. The molecule has 0 aliphatic heterocycles. The van der Waals surface area contributed by atoms with Crippen LogP contribution in [0.15, 0.2) is 48.5 Å². The van der Waals surface area contributed by atoms with Gasteiger partial charge < -0.3 is 20.1 Å². The molecule has 0 bridgehead atoms. The van der Waals surface area contributed by atoms with Crippen LogP contribution in [0.1, 0.15) is 22.3 Å². The van der Waals surface area contributed by atoms with Gasteiger partial charge in [0.15, 0.2) is 0 Å². The van der Waals surface area contributed by atoms with Crippen LogP contribution < -0.4 is 10.6 Å². The van der Waals surface area contributed by atoms with Crippen LogP contribution >= 0.6 is 23.2 Å². The molecule has 1 atom stereocenters. The molecule has 0 fully saturated rings. The molecule has 1 amide bonds. The second kappa shape index (κ2) is 12.2. The Morgan fingerprint density at radius 3 is 2.33 bits per heavy atom. The van der Waals surface area contributed by atoms with E-state index in [1.807, 2.05) is 30.3 Å². The van der Waals surface area contributed by atoms with E-state index in [1.54, 1.807) is 31.4 Å². The minimum atomic E-state index is -0.874. The predicted octanol–water partition coefficient (Wildman–Crippen LogP) is 4.43. The maximum Gasteiger partial charge on any atom is 0.328 e. The largest absolute Gasteiger partial charge is 0.467 e. The number of halogens is 2. The maximum absolute atomic E-state index is 12.6. The third-order valence-corrected chi connectivity index (χ3v) is 4.84. The Bertz CT molecular complexity index is 865. The monoisotopic (exact) mass is 450 g/mol. The first-order chi connectivity index (χ1) is 14.5. The fraction of sp³-hybridized carbons (Fsp3) is 0.273. The zero-order valence-electron chi connectivity index (χ0n) is 16.8. The van der Waals surface area contributed by atoms with Crippen molar-refractivity contribution in [2.45, 2.75) is 12.5 Å². The topological polar surface area (TPSA) is 76.7 Å². The molecular weight excluding hydrogens is 427 g/mol. The van der Waals surface area contributed by atoms with Gasteiger partial charge in [-0.2, -0.15) is 0 Å². The van der Waals surface area contributed by atoms with Crippen molar-refractivity contribution in [3.63, 3.8) is 0 Å². The average Bonchev–Trinajstić information content (AvgIpc) is 2.73. The van der Waals surface area contributed by atoms with Crippen molar-refractivity contribution in [2.75, 3.05) is 32.7 Å². The van der Waals surface area contributed by atoms with Crippen LogP contribution in [-0.4, -0.2) is 45.3 Å². The number of carbonyl (C=O) groups is 2. The summed E-state index contributed by atoms with van der Waals surface area (Å²) < 4.78 is 9.81. The molecule has 0 saturated heterocycles. The van der Waals surface area contributed by atoms with Crippen LogP contribution in [0.5, 0.6) is 0 Å². The number of benzene rings is 2. The van der Waals surface area contributed by atoms with Gasteiger partial charge >= 0.3 is 5.97 Å². The lowest BCUT2D eigenvalue weighted by molar-refractivity contribution is -0.142. The smallest absolute Gasteiger partial charge is 0.328 e. The summed E-state index contributed by atoms with van der Waals surface area (Å²) >= 11 is 12.1. The third kappa shape index (κ3) is 7.06. The Labute approximate surface area is 186 Å². The molecule has 160 valence electrons. The number of anilines is 1. The summed E-state index contributed by atoms with van der Waals surface area (Å²) in [5.41, 5.74) is 2.06. The molecule has 30 heavy (non-hydrogen) atoms. The van der Waals surface area contributed by atoms with Crippen molar-refractivity contribution < 1.29 is 19.1 Å². The van der Waals surface area contributed by atoms with Crippen LogP contribution in [0.25, 0.3) is 6.08 Å². The van der Waals surface area contributed by atoms with Crippen LogP contribution in [0, 0.1) is 0 Å². The Balaban J connectivity index is 2.01. The molecular formula is C22H24Cl2N2O4. The molecule has 8 heteroatoms. The lowest BCUT2D eigenvalue weighted by Gasteiger charge is -2.16. The summed E-state index contributed by atoms with van der Waals surface area (Å²) in [4.78, 5) is 24.7. The molecule has 0 radical (unpaired) electrons. The van der Waals surface area contributed by atoms with E-state index in [0.717, 1.165) is 17.8 Å². The Kier molecular flexibility index (Phi) is 9.67. The van der Waals surface area contributed by atoms with E-state index in [1.165, 1.54) is 7.11 Å². The van der Waals surface area contributed by atoms with E-state index in [4.69, 9.17) is 32.7 Å². The molecule has 6 nitrogen and oxygen atoms in total. The maximum atomic E-state index is 12.6. The Morgan fingerprint density at radius 1 is 1.07 bits per heavy atom. The quantitative estimate of drug-likeness (QED) is 0.413. The molecule has 2 aromatic carbocycles. The van der Waals surface area contributed by atoms with Gasteiger partial charge in [-0.05, 0) is 36.2 Å². The van der Waals surface area contributed by atoms with Crippen LogP contribution in [0.3, 0.4) is 0 Å². The van der Waals surface area contributed by atoms with Gasteiger partial charge in [-0.3, -0.25) is 4.79 Å². The predicted molar refractivity (Wildman–Crippen MR) is 120 cm³/mol. The Hall–Kier alpha value is -2.54. The van der Waals surface area contributed by atoms with Gasteiger partial charge in [0, 0.05) is 19.3 Å². The fourth-order valence-electron chi connectivity index (χ4n) is 2.65. The highest BCUT2D eigenvalue weighted by atomic mass is 35.5. The van der Waals surface area contributed by atoms with Gasteiger partial charge in [0.25, 0.3) is 5.91 Å². The molecule has 1 unspecified atom stereocenters. The average molecular weight is 451 g/mol. The number of hydrogen-bond donors (Lipinski definition) is 2. The van der Waals surface area contributed by atoms with E-state index >= 15 is 0 Å². The van der Waals surface area contributed by atoms with Crippen molar-refractivity contribution >= 4 is 46.8 Å². The summed E-state index contributed by atoms with van der Waals surface area (Å²) in [5, 5.41) is 6.28. The van der Waals surface area contributed by atoms with E-state index < -0.39 is 17.9 Å². The molecule has 0 aromatic heterocycles. The van der Waals surface area contributed by atoms with E-state index in [9.17, 15) is 9.59 Å². The minimum Gasteiger partial charge on any atom is -0.467 e. The van der Waals surface area contributed by atoms with E-state index in [-0.39, 0.29) is 22.0 Å². The summed E-state index contributed by atoms with van der Waals surface area (Å²) in [7, 11) is 2.92. The van der Waals surface area contributed by atoms with Crippen molar-refractivity contribution in [3.05, 3.63) is 69.7 Å². The molecule has 2 N–H and O–H groups in total. The van der Waals surface area contributed by atoms with Crippen LogP contribution in [0.4, 0.5) is 5.69 Å². The third-order valence-electron chi connectivity index (χ3n) is 4.21. The number of nitrogens with one attached hydrogen (secondary N) is 2. The van der Waals surface area contributed by atoms with E-state index in [2.05, 4.69) is 10.6 Å². The van der Waals surface area contributed by atoms with Crippen LogP contribution in [-0.2, 0) is 14.3 Å². The summed E-state index contributed by atoms with van der Waals surface area (Å²) in [6, 6.07) is 11.7. The number of amides is 1. The molecule has 0 spiro atoms. The first kappa shape index (κ1) is 23.7. The van der Waals surface area contributed by atoms with Gasteiger partial charge in [0.05, 0.1) is 29.3 Å². The number of esters is 1. The van der Waals surface area contributed by atoms with Crippen molar-refractivity contribution in [1.82, 2.24) is 5.32 Å². The SMILES string of the molecule is COCCNc1ccc(/C=C/CC(NC(=O)c2c(Cl)cccc2Cl)C(=O)OC)cc1. The zero-order chi connectivity index (χ0) is 21.9. The van der Waals surface area contributed by atoms with Crippen molar-refractivity contribution in [3.8, 4) is 0 Å². The standard InChI is InChI=1S/C22H24Cl2N2O4/c1-29-14-13-25-16-11-9-15(10-12-16)5-3-8-19(22(28)30-2)26-21(27)20-17(23)6-4-7-18(20)24/h3-7,9-12,19,25H,8,13-14H2,1-2H3,(H,26,27)/b5-3+. The number of ether oxygens (including phenoxy) is 2. The summed E-state index contributed by atoms with van der Waals surface area (Å²) in [6.07, 6.45) is 3.90. The first-order valence-electron chi connectivity index (χ1n) is 9.28. The van der Waals surface area contributed by atoms with Gasteiger partial charge in [0.2, 0.25) is 0 Å². The highest BCUT2D eigenvalue weighted by Gasteiger charge is 2.23. The second-order valence-electron chi connectivity index (χ2n) is 6.33. The number of hydrogen-bond acceptors (Lipinski definition) is 5. The highest BCUT2D eigenvalue weighted by molar-refractivity contribution is 6.39. The van der Waals surface area contributed by atoms with Gasteiger partial charge in [-0.1, -0.05) is 53.6 Å². The molecule has 0 aliphatic carbocycles. The van der Waals surface area contributed by atoms with Gasteiger partial charge in [0.1, 0.15) is 6.04 Å². The lowest BCUT2D eigenvalue weighted by Crippen LogP contribution is -2.41. The van der Waals surface area contributed by atoms with Crippen molar-refractivity contribution in [1.29, 1.82) is 0 Å². The van der Waals surface area contributed by atoms with Crippen LogP contribution in [0.2, 0.25) is 10.0 Å². The van der Waals surface area contributed by atoms with Crippen molar-refractivity contribution in [2.24, 2.45) is 0 Å². The number of carbonyl (C=O) groups excluding carboxylic acids is 2. The first-order valence-corrected chi connectivity index (χ1v) is 10.0. The highest BCUT2D eigenvalue weighted by Crippen LogP contribution is 2.24. The minimum absolute atomic E-state index is 0.121. The Morgan fingerprint density at radius 2 is 1.73 bits per heavy atom. The molecule has 0 aliphatic rings. The van der Waals surface area contributed by atoms with Gasteiger partial charge in [-0.25, -0.2) is 4.79 Å². The zero-order valence-corrected chi connectivity index (χ0v) is 18.3. The molecule has 0 heterocycles. The second-order valence-corrected chi connectivity index (χ2v) is 7.14. The fourth-order valence-corrected chi connectivity index (χ4v) is 3.22. The van der Waals surface area contributed by atoms with E-state index in [0.29, 0.717) is 6.61 Å². The number of rotatable bonds is 10.